The first kappa shape index (κ1) is 14.3. The van der Waals surface area contributed by atoms with Crippen LogP contribution < -0.4 is 0 Å². The highest BCUT2D eigenvalue weighted by atomic mass is 19.4. The second-order valence-corrected chi connectivity index (χ2v) is 3.32. The summed E-state index contributed by atoms with van der Waals surface area (Å²) in [5.74, 6) is 0. The van der Waals surface area contributed by atoms with Gasteiger partial charge in [0.1, 0.15) is 0 Å². The molecule has 0 saturated carbocycles. The van der Waals surface area contributed by atoms with Gasteiger partial charge in [-0.25, -0.2) is 0 Å². The molecular weight excluding hydrogens is 264 g/mol. The molecular formula is C10H5F6NO. The molecule has 1 rings (SSSR count). The molecule has 1 aromatic carbocycles. The van der Waals surface area contributed by atoms with E-state index in [0.717, 1.165) is 6.07 Å². The lowest BCUT2D eigenvalue weighted by Gasteiger charge is -2.16. The van der Waals surface area contributed by atoms with E-state index in [1.807, 2.05) is 0 Å². The molecule has 0 saturated heterocycles. The molecule has 1 aromatic rings. The molecule has 0 bridgehead atoms. The molecule has 0 aromatic heterocycles. The van der Waals surface area contributed by atoms with Crippen LogP contribution in [0.3, 0.4) is 0 Å². The zero-order valence-corrected chi connectivity index (χ0v) is 8.52. The van der Waals surface area contributed by atoms with Crippen LogP contribution in [0, 0.1) is 11.3 Å². The van der Waals surface area contributed by atoms with Gasteiger partial charge in [0.2, 0.25) is 0 Å². The van der Waals surface area contributed by atoms with Crippen LogP contribution in [0.15, 0.2) is 12.1 Å². The second-order valence-electron chi connectivity index (χ2n) is 3.32. The number of hydrogen-bond acceptors (Lipinski definition) is 2. The third-order valence-electron chi connectivity index (χ3n) is 2.14. The summed E-state index contributed by atoms with van der Waals surface area (Å²) in [7, 11) is 0. The number of alkyl halides is 6. The molecule has 98 valence electrons. The molecule has 0 amide bonds. The van der Waals surface area contributed by atoms with Crippen LogP contribution in [-0.2, 0) is 19.0 Å². The standard InChI is InChI=1S/C10H5F6NO/c11-9(12,13)7-2-8(10(14,15)16)6(4-18)1-5(7)3-17/h1-2,18H,4H2. The topological polar surface area (TPSA) is 44.0 Å². The predicted octanol–water partition coefficient (Wildman–Crippen LogP) is 3.09. The lowest BCUT2D eigenvalue weighted by Crippen LogP contribution is -2.15. The average Bonchev–Trinajstić information content (AvgIpc) is 2.24. The number of aliphatic hydroxyl groups excluding tert-OH is 1. The van der Waals surface area contributed by atoms with Gasteiger partial charge < -0.3 is 5.11 Å². The van der Waals surface area contributed by atoms with Gasteiger partial charge in [-0.3, -0.25) is 0 Å². The number of halogens is 6. The Kier molecular flexibility index (Phi) is 3.57. The summed E-state index contributed by atoms with van der Waals surface area (Å²) >= 11 is 0. The van der Waals surface area contributed by atoms with Crippen molar-refractivity contribution in [1.82, 2.24) is 0 Å². The summed E-state index contributed by atoms with van der Waals surface area (Å²) in [4.78, 5) is 0. The fraction of sp³-hybridized carbons (Fsp3) is 0.300. The van der Waals surface area contributed by atoms with E-state index in [4.69, 9.17) is 10.4 Å². The van der Waals surface area contributed by atoms with E-state index >= 15 is 0 Å². The Bertz CT molecular complexity index is 497. The predicted molar refractivity (Wildman–Crippen MR) is 47.1 cm³/mol. The molecule has 8 heteroatoms. The van der Waals surface area contributed by atoms with Gasteiger partial charge in [-0.1, -0.05) is 0 Å². The second kappa shape index (κ2) is 4.49. The summed E-state index contributed by atoms with van der Waals surface area (Å²) in [6, 6.07) is 1.39. The van der Waals surface area contributed by atoms with Crippen LogP contribution in [0.4, 0.5) is 26.3 Å². The van der Waals surface area contributed by atoms with Crippen molar-refractivity contribution in [1.29, 1.82) is 5.26 Å². The van der Waals surface area contributed by atoms with Gasteiger partial charge in [0, 0.05) is 0 Å². The molecule has 0 heterocycles. The van der Waals surface area contributed by atoms with Crippen molar-refractivity contribution in [3.8, 4) is 6.07 Å². The summed E-state index contributed by atoms with van der Waals surface area (Å²) in [6.45, 7) is -1.11. The van der Waals surface area contributed by atoms with E-state index in [1.165, 1.54) is 0 Å². The first-order chi connectivity index (χ1) is 8.11. The third-order valence-corrected chi connectivity index (χ3v) is 2.14. The Balaban J connectivity index is 3.61. The minimum Gasteiger partial charge on any atom is -0.392 e. The molecule has 0 unspecified atom stereocenters. The van der Waals surface area contributed by atoms with Crippen LogP contribution in [0.25, 0.3) is 0 Å². The maximum atomic E-state index is 12.5. The molecule has 0 aliphatic carbocycles. The SMILES string of the molecule is N#Cc1cc(CO)c(C(F)(F)F)cc1C(F)(F)F. The largest absolute Gasteiger partial charge is 0.417 e. The van der Waals surface area contributed by atoms with Gasteiger partial charge in [0.15, 0.2) is 0 Å². The van der Waals surface area contributed by atoms with Crippen molar-refractivity contribution < 1.29 is 31.4 Å². The third kappa shape index (κ3) is 2.73. The van der Waals surface area contributed by atoms with Crippen LogP contribution in [0.1, 0.15) is 22.3 Å². The molecule has 18 heavy (non-hydrogen) atoms. The first-order valence-corrected chi connectivity index (χ1v) is 4.43. The van der Waals surface area contributed by atoms with Crippen LogP contribution >= 0.6 is 0 Å². The fourth-order valence-corrected chi connectivity index (χ4v) is 1.37. The average molecular weight is 269 g/mol. The minimum atomic E-state index is -5.07. The number of nitriles is 1. The molecule has 0 fully saturated rings. The molecule has 0 aliphatic rings. The Morgan fingerprint density at radius 3 is 1.83 bits per heavy atom. The Morgan fingerprint density at radius 2 is 1.50 bits per heavy atom. The van der Waals surface area contributed by atoms with Gasteiger partial charge in [-0.2, -0.15) is 31.6 Å². The Labute approximate surface area is 97.1 Å². The summed E-state index contributed by atoms with van der Waals surface area (Å²) < 4.78 is 74.8. The lowest BCUT2D eigenvalue weighted by atomic mass is 9.98. The van der Waals surface area contributed by atoms with Crippen molar-refractivity contribution in [2.75, 3.05) is 0 Å². The van der Waals surface area contributed by atoms with Crippen molar-refractivity contribution in [3.63, 3.8) is 0 Å². The first-order valence-electron chi connectivity index (χ1n) is 4.43. The smallest absolute Gasteiger partial charge is 0.392 e. The molecule has 2 nitrogen and oxygen atoms in total. The van der Waals surface area contributed by atoms with Gasteiger partial charge in [0.25, 0.3) is 0 Å². The Hall–Kier alpha value is -1.75. The van der Waals surface area contributed by atoms with Gasteiger partial charge >= 0.3 is 12.4 Å². The van der Waals surface area contributed by atoms with Crippen LogP contribution in [-0.4, -0.2) is 5.11 Å². The highest BCUT2D eigenvalue weighted by molar-refractivity contribution is 5.47. The molecule has 1 N–H and O–H groups in total. The molecule has 0 atom stereocenters. The maximum absolute atomic E-state index is 12.5. The van der Waals surface area contributed by atoms with Crippen molar-refractivity contribution >= 4 is 0 Å². The van der Waals surface area contributed by atoms with E-state index in [-0.39, 0.29) is 6.07 Å². The summed E-state index contributed by atoms with van der Waals surface area (Å²) in [5.41, 5.74) is -5.00. The Morgan fingerprint density at radius 1 is 1.00 bits per heavy atom. The van der Waals surface area contributed by atoms with Crippen molar-refractivity contribution in [2.24, 2.45) is 0 Å². The molecule has 0 spiro atoms. The lowest BCUT2D eigenvalue weighted by molar-refractivity contribution is -0.143. The van der Waals surface area contributed by atoms with Gasteiger partial charge in [-0.05, 0) is 17.7 Å². The quantitative estimate of drug-likeness (QED) is 0.796. The van der Waals surface area contributed by atoms with Gasteiger partial charge in [0.05, 0.1) is 29.4 Å². The number of aliphatic hydroxyl groups is 1. The number of nitrogens with zero attached hydrogens (tertiary/aromatic N) is 1. The van der Waals surface area contributed by atoms with Gasteiger partial charge in [-0.15, -0.1) is 0 Å². The van der Waals surface area contributed by atoms with E-state index in [0.29, 0.717) is 6.07 Å². The van der Waals surface area contributed by atoms with E-state index in [9.17, 15) is 26.3 Å². The maximum Gasteiger partial charge on any atom is 0.417 e. The van der Waals surface area contributed by atoms with E-state index < -0.39 is 41.2 Å². The minimum absolute atomic E-state index is 0.163. The van der Waals surface area contributed by atoms with E-state index in [2.05, 4.69) is 0 Å². The molecule has 0 aliphatic heterocycles. The van der Waals surface area contributed by atoms with Crippen LogP contribution in [0.5, 0.6) is 0 Å². The molecule has 0 radical (unpaired) electrons. The highest BCUT2D eigenvalue weighted by Crippen LogP contribution is 2.39. The number of hydrogen-bond donors (Lipinski definition) is 1. The summed E-state index contributed by atoms with van der Waals surface area (Å²) in [6.07, 6.45) is -10.1. The fourth-order valence-electron chi connectivity index (χ4n) is 1.37. The van der Waals surface area contributed by atoms with Crippen molar-refractivity contribution in [2.45, 2.75) is 19.0 Å². The number of benzene rings is 1. The van der Waals surface area contributed by atoms with Crippen molar-refractivity contribution in [3.05, 3.63) is 34.4 Å². The number of rotatable bonds is 1. The summed E-state index contributed by atoms with van der Waals surface area (Å²) in [5, 5.41) is 17.2. The van der Waals surface area contributed by atoms with Crippen LogP contribution in [0.2, 0.25) is 0 Å². The normalized spacial score (nSPS) is 12.3. The monoisotopic (exact) mass is 269 g/mol. The zero-order valence-electron chi connectivity index (χ0n) is 8.52. The van der Waals surface area contributed by atoms with E-state index in [1.54, 1.807) is 0 Å². The highest BCUT2D eigenvalue weighted by Gasteiger charge is 2.40. The zero-order chi connectivity index (χ0) is 14.1.